The minimum absolute atomic E-state index is 0.0543. The van der Waals surface area contributed by atoms with Crippen LogP contribution in [0.25, 0.3) is 10.8 Å². The molecule has 3 aromatic carbocycles. The number of sulfonamides is 1. The van der Waals surface area contributed by atoms with E-state index in [9.17, 15) is 13.2 Å². The predicted molar refractivity (Wildman–Crippen MR) is 112 cm³/mol. The first kappa shape index (κ1) is 20.3. The molecule has 146 valence electrons. The molecule has 0 heterocycles. The van der Waals surface area contributed by atoms with Crippen molar-refractivity contribution in [3.05, 3.63) is 77.3 Å². The third-order valence-corrected chi connectivity index (χ3v) is 6.31. The SMILES string of the molecule is CC(NS(=O)(=O)c1ccc(Cl)cc1)C(=O)NC(C)c1cccc2ccccc12. The summed E-state index contributed by atoms with van der Waals surface area (Å²) in [5.74, 6) is -0.405. The Morgan fingerprint density at radius 2 is 1.57 bits per heavy atom. The van der Waals surface area contributed by atoms with Crippen LogP contribution in [0.3, 0.4) is 0 Å². The van der Waals surface area contributed by atoms with Crippen LogP contribution in [0.1, 0.15) is 25.5 Å². The Balaban J connectivity index is 1.72. The van der Waals surface area contributed by atoms with Gasteiger partial charge in [-0.2, -0.15) is 4.72 Å². The fourth-order valence-corrected chi connectivity index (χ4v) is 4.34. The summed E-state index contributed by atoms with van der Waals surface area (Å²) in [6.45, 7) is 3.39. The molecule has 0 aromatic heterocycles. The molecule has 0 fully saturated rings. The van der Waals surface area contributed by atoms with Crippen LogP contribution in [0, 0.1) is 0 Å². The third-order valence-electron chi connectivity index (χ3n) is 4.50. The van der Waals surface area contributed by atoms with Gasteiger partial charge in [0.2, 0.25) is 15.9 Å². The first-order chi connectivity index (χ1) is 13.3. The first-order valence-electron chi connectivity index (χ1n) is 8.84. The van der Waals surface area contributed by atoms with Crippen molar-refractivity contribution in [3.8, 4) is 0 Å². The highest BCUT2D eigenvalue weighted by Gasteiger charge is 2.23. The van der Waals surface area contributed by atoms with E-state index in [-0.39, 0.29) is 10.9 Å². The van der Waals surface area contributed by atoms with Gasteiger partial charge in [0.1, 0.15) is 0 Å². The minimum Gasteiger partial charge on any atom is -0.348 e. The van der Waals surface area contributed by atoms with Crippen LogP contribution < -0.4 is 10.0 Å². The summed E-state index contributed by atoms with van der Waals surface area (Å²) in [6, 6.07) is 18.4. The standard InChI is InChI=1S/C21H21ClN2O3S/c1-14(19-9-5-7-16-6-3-4-8-20(16)19)23-21(25)15(2)24-28(26,27)18-12-10-17(22)11-13-18/h3-15,24H,1-2H3,(H,23,25). The van der Waals surface area contributed by atoms with Crippen LogP contribution in [-0.2, 0) is 14.8 Å². The smallest absolute Gasteiger partial charge is 0.241 e. The van der Waals surface area contributed by atoms with Gasteiger partial charge in [0, 0.05) is 5.02 Å². The molecule has 3 rings (SSSR count). The first-order valence-corrected chi connectivity index (χ1v) is 10.7. The van der Waals surface area contributed by atoms with Gasteiger partial charge in [-0.25, -0.2) is 8.42 Å². The molecule has 1 amide bonds. The molecule has 0 spiro atoms. The number of carbonyl (C=O) groups is 1. The fourth-order valence-electron chi connectivity index (χ4n) is 3.01. The molecule has 2 atom stereocenters. The number of nitrogens with one attached hydrogen (secondary N) is 2. The van der Waals surface area contributed by atoms with E-state index in [1.54, 1.807) is 0 Å². The van der Waals surface area contributed by atoms with E-state index in [1.807, 2.05) is 49.4 Å². The summed E-state index contributed by atoms with van der Waals surface area (Å²) < 4.78 is 27.3. The molecule has 7 heteroatoms. The van der Waals surface area contributed by atoms with E-state index in [0.717, 1.165) is 16.3 Å². The van der Waals surface area contributed by atoms with Crippen LogP contribution in [0.5, 0.6) is 0 Å². The average molecular weight is 417 g/mol. The third kappa shape index (κ3) is 4.52. The lowest BCUT2D eigenvalue weighted by atomic mass is 9.99. The molecule has 0 saturated carbocycles. The van der Waals surface area contributed by atoms with Gasteiger partial charge in [-0.05, 0) is 54.4 Å². The van der Waals surface area contributed by atoms with Gasteiger partial charge < -0.3 is 5.32 Å². The van der Waals surface area contributed by atoms with Gasteiger partial charge >= 0.3 is 0 Å². The zero-order chi connectivity index (χ0) is 20.3. The number of amides is 1. The lowest BCUT2D eigenvalue weighted by Crippen LogP contribution is -2.45. The highest BCUT2D eigenvalue weighted by atomic mass is 35.5. The summed E-state index contributed by atoms with van der Waals surface area (Å²) in [6.07, 6.45) is 0. The largest absolute Gasteiger partial charge is 0.348 e. The second-order valence-corrected chi connectivity index (χ2v) is 8.75. The van der Waals surface area contributed by atoms with Crippen molar-refractivity contribution in [2.24, 2.45) is 0 Å². The molecule has 0 radical (unpaired) electrons. The number of hydrogen-bond donors (Lipinski definition) is 2. The number of halogens is 1. The van der Waals surface area contributed by atoms with Gasteiger partial charge in [0.15, 0.2) is 0 Å². The zero-order valence-corrected chi connectivity index (χ0v) is 17.1. The second-order valence-electron chi connectivity index (χ2n) is 6.60. The van der Waals surface area contributed by atoms with Crippen LogP contribution in [0.15, 0.2) is 71.6 Å². The van der Waals surface area contributed by atoms with Gasteiger partial charge in [0.05, 0.1) is 17.0 Å². The molecule has 0 aliphatic heterocycles. The Morgan fingerprint density at radius 1 is 0.929 bits per heavy atom. The lowest BCUT2D eigenvalue weighted by molar-refractivity contribution is -0.123. The van der Waals surface area contributed by atoms with Crippen molar-refractivity contribution >= 4 is 38.3 Å². The fraction of sp³-hybridized carbons (Fsp3) is 0.190. The minimum atomic E-state index is -3.83. The van der Waals surface area contributed by atoms with Crippen LogP contribution in [0.4, 0.5) is 0 Å². The number of benzene rings is 3. The molecular weight excluding hydrogens is 396 g/mol. The molecule has 0 saturated heterocycles. The van der Waals surface area contributed by atoms with Gasteiger partial charge in [0.25, 0.3) is 0 Å². The maximum atomic E-state index is 12.6. The Kier molecular flexibility index (Phi) is 6.03. The van der Waals surface area contributed by atoms with Crippen molar-refractivity contribution in [3.63, 3.8) is 0 Å². The van der Waals surface area contributed by atoms with Crippen molar-refractivity contribution in [2.45, 2.75) is 30.8 Å². The molecule has 3 aromatic rings. The summed E-state index contributed by atoms with van der Waals surface area (Å²) in [4.78, 5) is 12.6. The van der Waals surface area contributed by atoms with Gasteiger partial charge in [-0.1, -0.05) is 54.1 Å². The summed E-state index contributed by atoms with van der Waals surface area (Å²) in [5.41, 5.74) is 0.971. The zero-order valence-electron chi connectivity index (χ0n) is 15.5. The van der Waals surface area contributed by atoms with Crippen molar-refractivity contribution < 1.29 is 13.2 Å². The van der Waals surface area contributed by atoms with E-state index in [2.05, 4.69) is 10.0 Å². The molecule has 28 heavy (non-hydrogen) atoms. The molecule has 0 aliphatic rings. The maximum absolute atomic E-state index is 12.6. The van der Waals surface area contributed by atoms with Crippen LogP contribution in [0.2, 0.25) is 5.02 Å². The number of hydrogen-bond acceptors (Lipinski definition) is 3. The quantitative estimate of drug-likeness (QED) is 0.636. The maximum Gasteiger partial charge on any atom is 0.241 e. The van der Waals surface area contributed by atoms with Crippen LogP contribution in [-0.4, -0.2) is 20.4 Å². The van der Waals surface area contributed by atoms with Crippen molar-refractivity contribution in [2.75, 3.05) is 0 Å². The monoisotopic (exact) mass is 416 g/mol. The molecule has 0 bridgehead atoms. The predicted octanol–water partition coefficient (Wildman–Crippen LogP) is 4.04. The topological polar surface area (TPSA) is 75.3 Å². The van der Waals surface area contributed by atoms with E-state index < -0.39 is 22.0 Å². The van der Waals surface area contributed by atoms with Crippen LogP contribution >= 0.6 is 11.6 Å². The Bertz CT molecular complexity index is 1090. The highest BCUT2D eigenvalue weighted by Crippen LogP contribution is 2.24. The van der Waals surface area contributed by atoms with Gasteiger partial charge in [-0.3, -0.25) is 4.79 Å². The Labute approximate surface area is 169 Å². The Hall–Kier alpha value is -2.41. The Morgan fingerprint density at radius 3 is 2.29 bits per heavy atom. The number of fused-ring (bicyclic) bond motifs is 1. The average Bonchev–Trinajstić information content (AvgIpc) is 2.67. The molecule has 2 N–H and O–H groups in total. The normalized spacial score (nSPS) is 13.8. The highest BCUT2D eigenvalue weighted by molar-refractivity contribution is 7.89. The van der Waals surface area contributed by atoms with Gasteiger partial charge in [-0.15, -0.1) is 0 Å². The number of carbonyl (C=O) groups excluding carboxylic acids is 1. The second kappa shape index (κ2) is 8.31. The summed E-state index contributed by atoms with van der Waals surface area (Å²) in [7, 11) is -3.83. The summed E-state index contributed by atoms with van der Waals surface area (Å²) >= 11 is 5.80. The molecule has 5 nitrogen and oxygen atoms in total. The van der Waals surface area contributed by atoms with E-state index in [0.29, 0.717) is 5.02 Å². The molecule has 0 aliphatic carbocycles. The van der Waals surface area contributed by atoms with Crippen molar-refractivity contribution in [1.29, 1.82) is 0 Å². The number of rotatable bonds is 6. The summed E-state index contributed by atoms with van der Waals surface area (Å²) in [5, 5.41) is 5.45. The lowest BCUT2D eigenvalue weighted by Gasteiger charge is -2.20. The van der Waals surface area contributed by atoms with Crippen molar-refractivity contribution in [1.82, 2.24) is 10.0 Å². The molecule has 2 unspecified atom stereocenters. The van der Waals surface area contributed by atoms with E-state index in [1.165, 1.54) is 31.2 Å². The van der Waals surface area contributed by atoms with E-state index in [4.69, 9.17) is 11.6 Å². The molecular formula is C21H21ClN2O3S. The van der Waals surface area contributed by atoms with E-state index >= 15 is 0 Å².